The zero-order valence-electron chi connectivity index (χ0n) is 19.5. The number of fused-ring (bicyclic) bond motifs is 3. The van der Waals surface area contributed by atoms with Crippen molar-refractivity contribution in [1.29, 1.82) is 0 Å². The lowest BCUT2D eigenvalue weighted by Crippen LogP contribution is -2.41. The van der Waals surface area contributed by atoms with Crippen LogP contribution in [0.2, 0.25) is 0 Å². The predicted molar refractivity (Wildman–Crippen MR) is 132 cm³/mol. The Hall–Kier alpha value is -4.13. The Kier molecular flexibility index (Phi) is 7.45. The fourth-order valence-corrected chi connectivity index (χ4v) is 4.48. The maximum atomic E-state index is 12.8. The molecule has 0 heterocycles. The van der Waals surface area contributed by atoms with Gasteiger partial charge >= 0.3 is 12.1 Å². The molecular formula is C28H28N2O5. The standard InChI is InChI=1S/C28H28N2O5/c1-19(15-26(31)30(17-27(32)33)16-20-9-3-2-4-10-20)29-28(34)35-18-25-23-13-7-5-11-21(23)22-12-6-8-14-24(22)25/h2-14,19,25H,15-18H2,1H3,(H,29,34)(H,32,33). The van der Waals surface area contributed by atoms with Crippen LogP contribution in [-0.4, -0.2) is 47.2 Å². The number of nitrogens with zero attached hydrogens (tertiary/aromatic N) is 1. The van der Waals surface area contributed by atoms with Crippen LogP contribution in [0.15, 0.2) is 78.9 Å². The maximum absolute atomic E-state index is 12.8. The van der Waals surface area contributed by atoms with Crippen molar-refractivity contribution < 1.29 is 24.2 Å². The van der Waals surface area contributed by atoms with E-state index in [2.05, 4.69) is 17.4 Å². The number of carbonyl (C=O) groups is 3. The summed E-state index contributed by atoms with van der Waals surface area (Å²) in [5, 5.41) is 11.9. The first kappa shape index (κ1) is 24.0. The van der Waals surface area contributed by atoms with Gasteiger partial charge in [0.25, 0.3) is 0 Å². The van der Waals surface area contributed by atoms with Gasteiger partial charge in [0.2, 0.25) is 5.91 Å². The Labute approximate surface area is 204 Å². The molecule has 3 aromatic rings. The smallest absolute Gasteiger partial charge is 0.407 e. The van der Waals surface area contributed by atoms with Gasteiger partial charge in [-0.25, -0.2) is 4.79 Å². The number of aliphatic carboxylic acids is 1. The minimum Gasteiger partial charge on any atom is -0.480 e. The number of hydrogen-bond acceptors (Lipinski definition) is 4. The normalized spacial score (nSPS) is 12.8. The van der Waals surface area contributed by atoms with Crippen molar-refractivity contribution >= 4 is 18.0 Å². The molecule has 1 aliphatic rings. The molecule has 0 bridgehead atoms. The summed E-state index contributed by atoms with van der Waals surface area (Å²) < 4.78 is 5.54. The molecule has 3 aromatic carbocycles. The first-order valence-electron chi connectivity index (χ1n) is 11.6. The molecule has 7 nitrogen and oxygen atoms in total. The fourth-order valence-electron chi connectivity index (χ4n) is 4.48. The molecule has 4 rings (SSSR count). The number of hydrogen-bond donors (Lipinski definition) is 2. The lowest BCUT2D eigenvalue weighted by atomic mass is 9.98. The Morgan fingerprint density at radius 2 is 1.49 bits per heavy atom. The fraction of sp³-hybridized carbons (Fsp3) is 0.250. The number of carbonyl (C=O) groups excluding carboxylic acids is 2. The van der Waals surface area contributed by atoms with E-state index in [0.29, 0.717) is 0 Å². The summed E-state index contributed by atoms with van der Waals surface area (Å²) >= 11 is 0. The minimum absolute atomic E-state index is 0.0374. The van der Waals surface area contributed by atoms with Crippen molar-refractivity contribution in [2.24, 2.45) is 0 Å². The molecule has 7 heteroatoms. The summed E-state index contributed by atoms with van der Waals surface area (Å²) in [5.41, 5.74) is 5.37. The number of carboxylic acids is 1. The Morgan fingerprint density at radius 1 is 0.914 bits per heavy atom. The summed E-state index contributed by atoms with van der Waals surface area (Å²) in [5.74, 6) is -1.50. The first-order chi connectivity index (χ1) is 16.9. The number of nitrogens with one attached hydrogen (secondary N) is 1. The van der Waals surface area contributed by atoms with Gasteiger partial charge in [-0.3, -0.25) is 9.59 Å². The van der Waals surface area contributed by atoms with Crippen LogP contribution in [0.1, 0.15) is 36.0 Å². The molecule has 1 atom stereocenters. The van der Waals surface area contributed by atoms with Crippen molar-refractivity contribution in [2.75, 3.05) is 13.2 Å². The second-order valence-corrected chi connectivity index (χ2v) is 8.70. The zero-order chi connectivity index (χ0) is 24.8. The molecule has 0 saturated heterocycles. The average molecular weight is 473 g/mol. The van der Waals surface area contributed by atoms with Crippen molar-refractivity contribution in [1.82, 2.24) is 10.2 Å². The van der Waals surface area contributed by atoms with Gasteiger partial charge in [0.1, 0.15) is 13.2 Å². The van der Waals surface area contributed by atoms with Gasteiger partial charge in [-0.05, 0) is 34.7 Å². The van der Waals surface area contributed by atoms with Crippen molar-refractivity contribution in [3.05, 3.63) is 95.6 Å². The summed E-state index contributed by atoms with van der Waals surface area (Å²) in [6, 6.07) is 24.8. The van der Waals surface area contributed by atoms with Crippen LogP contribution in [0.3, 0.4) is 0 Å². The maximum Gasteiger partial charge on any atom is 0.407 e. The van der Waals surface area contributed by atoms with Gasteiger partial charge in [-0.15, -0.1) is 0 Å². The monoisotopic (exact) mass is 472 g/mol. The first-order valence-corrected chi connectivity index (χ1v) is 11.6. The third-order valence-corrected chi connectivity index (χ3v) is 6.08. The van der Waals surface area contributed by atoms with Gasteiger partial charge < -0.3 is 20.1 Å². The topological polar surface area (TPSA) is 95.9 Å². The Bertz CT molecular complexity index is 1170. The number of carboxylic acid groups (broad SMARTS) is 1. The van der Waals surface area contributed by atoms with E-state index in [9.17, 15) is 19.5 Å². The van der Waals surface area contributed by atoms with E-state index in [1.807, 2.05) is 66.7 Å². The van der Waals surface area contributed by atoms with Crippen molar-refractivity contribution in [2.45, 2.75) is 31.8 Å². The van der Waals surface area contributed by atoms with Gasteiger partial charge in [-0.1, -0.05) is 78.9 Å². The highest BCUT2D eigenvalue weighted by atomic mass is 16.5. The summed E-state index contributed by atoms with van der Waals surface area (Å²) in [6.45, 7) is 1.65. The van der Waals surface area contributed by atoms with E-state index in [-0.39, 0.29) is 31.4 Å². The molecule has 0 radical (unpaired) electrons. The SMILES string of the molecule is CC(CC(=O)N(CC(=O)O)Cc1ccccc1)NC(=O)OCC1c2ccccc2-c2ccccc21. The molecule has 180 valence electrons. The largest absolute Gasteiger partial charge is 0.480 e. The summed E-state index contributed by atoms with van der Waals surface area (Å²) in [7, 11) is 0. The number of ether oxygens (including phenoxy) is 1. The van der Waals surface area contributed by atoms with Gasteiger partial charge in [0.05, 0.1) is 0 Å². The number of amides is 2. The molecule has 0 spiro atoms. The third kappa shape index (κ3) is 5.87. The van der Waals surface area contributed by atoms with E-state index < -0.39 is 24.6 Å². The predicted octanol–water partition coefficient (Wildman–Crippen LogP) is 4.42. The molecular weight excluding hydrogens is 444 g/mol. The third-order valence-electron chi connectivity index (χ3n) is 6.08. The molecule has 0 aliphatic heterocycles. The summed E-state index contributed by atoms with van der Waals surface area (Å²) in [4.78, 5) is 37.8. The quantitative estimate of drug-likeness (QED) is 0.481. The van der Waals surface area contributed by atoms with Gasteiger partial charge in [0.15, 0.2) is 0 Å². The van der Waals surface area contributed by atoms with Crippen LogP contribution in [0, 0.1) is 0 Å². The molecule has 35 heavy (non-hydrogen) atoms. The highest BCUT2D eigenvalue weighted by Crippen LogP contribution is 2.44. The average Bonchev–Trinajstić information content (AvgIpc) is 3.16. The summed E-state index contributed by atoms with van der Waals surface area (Å²) in [6.07, 6.45) is -0.648. The minimum atomic E-state index is -1.09. The van der Waals surface area contributed by atoms with E-state index >= 15 is 0 Å². The zero-order valence-corrected chi connectivity index (χ0v) is 19.5. The van der Waals surface area contributed by atoms with Crippen LogP contribution in [0.4, 0.5) is 4.79 Å². The highest BCUT2D eigenvalue weighted by Gasteiger charge is 2.29. The van der Waals surface area contributed by atoms with Gasteiger partial charge in [0, 0.05) is 24.9 Å². The van der Waals surface area contributed by atoms with Crippen molar-refractivity contribution in [3.8, 4) is 11.1 Å². The van der Waals surface area contributed by atoms with Crippen LogP contribution < -0.4 is 5.32 Å². The van der Waals surface area contributed by atoms with E-state index in [1.165, 1.54) is 4.90 Å². The molecule has 1 unspecified atom stereocenters. The van der Waals surface area contributed by atoms with Crippen molar-refractivity contribution in [3.63, 3.8) is 0 Å². The van der Waals surface area contributed by atoms with E-state index in [1.54, 1.807) is 6.92 Å². The lowest BCUT2D eigenvalue weighted by Gasteiger charge is -2.23. The molecule has 1 aliphatic carbocycles. The Morgan fingerprint density at radius 3 is 2.09 bits per heavy atom. The van der Waals surface area contributed by atoms with Gasteiger partial charge in [-0.2, -0.15) is 0 Å². The van der Waals surface area contributed by atoms with Crippen LogP contribution in [0.5, 0.6) is 0 Å². The molecule has 2 N–H and O–H groups in total. The van der Waals surface area contributed by atoms with Crippen LogP contribution >= 0.6 is 0 Å². The molecule has 0 fully saturated rings. The van der Waals surface area contributed by atoms with E-state index in [0.717, 1.165) is 27.8 Å². The second kappa shape index (κ2) is 10.9. The molecule has 0 saturated carbocycles. The Balaban J connectivity index is 1.33. The lowest BCUT2D eigenvalue weighted by molar-refractivity contribution is -0.145. The number of benzene rings is 3. The van der Waals surface area contributed by atoms with E-state index in [4.69, 9.17) is 4.74 Å². The number of alkyl carbamates (subject to hydrolysis) is 1. The van der Waals surface area contributed by atoms with Crippen LogP contribution in [-0.2, 0) is 20.9 Å². The van der Waals surface area contributed by atoms with Crippen LogP contribution in [0.25, 0.3) is 11.1 Å². The second-order valence-electron chi connectivity index (χ2n) is 8.70. The molecule has 2 amide bonds. The molecule has 0 aromatic heterocycles. The number of rotatable bonds is 9. The highest BCUT2D eigenvalue weighted by molar-refractivity contribution is 5.82.